The molecule has 0 unspecified atom stereocenters. The molecule has 0 bridgehead atoms. The zero-order valence-corrected chi connectivity index (χ0v) is 18.7. The van der Waals surface area contributed by atoms with Crippen molar-refractivity contribution < 1.29 is 18.7 Å². The van der Waals surface area contributed by atoms with E-state index in [0.717, 1.165) is 21.5 Å². The molecule has 1 aliphatic rings. The highest BCUT2D eigenvalue weighted by atomic mass is 35.5. The zero-order chi connectivity index (χ0) is 21.6. The van der Waals surface area contributed by atoms with Gasteiger partial charge in [-0.3, -0.25) is 10.1 Å². The second-order valence-electron chi connectivity index (χ2n) is 8.19. The lowest BCUT2D eigenvalue weighted by Crippen LogP contribution is -2.39. The van der Waals surface area contributed by atoms with Crippen molar-refractivity contribution in [3.63, 3.8) is 0 Å². The van der Waals surface area contributed by atoms with Crippen molar-refractivity contribution in [1.82, 2.24) is 9.88 Å². The maximum absolute atomic E-state index is 12.8. The minimum absolute atomic E-state index is 0.232. The van der Waals surface area contributed by atoms with E-state index in [1.807, 2.05) is 27.7 Å². The Balaban J connectivity index is 1.49. The number of furan rings is 1. The predicted molar refractivity (Wildman–Crippen MR) is 116 cm³/mol. The number of halogens is 1. The molecular weight excluding hydrogens is 426 g/mol. The molecular formula is C21H22ClN3O4S. The Kier molecular flexibility index (Phi) is 5.23. The van der Waals surface area contributed by atoms with E-state index in [9.17, 15) is 9.59 Å². The SMILES string of the molecule is Cc1c(C(=O)Nc2nc3c(s2)CN(C(=O)OC(C)(C)C)CC3)oc2ccc(Cl)cc12. The first kappa shape index (κ1) is 20.7. The summed E-state index contributed by atoms with van der Waals surface area (Å²) in [5, 5.41) is 4.69. The highest BCUT2D eigenvalue weighted by Gasteiger charge is 2.28. The first-order chi connectivity index (χ1) is 14.1. The number of amides is 2. The van der Waals surface area contributed by atoms with E-state index in [0.29, 0.717) is 35.2 Å². The fraction of sp³-hybridized carbons (Fsp3) is 0.381. The van der Waals surface area contributed by atoms with Crippen molar-refractivity contribution in [2.75, 3.05) is 11.9 Å². The third-order valence-electron chi connectivity index (χ3n) is 4.71. The van der Waals surface area contributed by atoms with Gasteiger partial charge in [-0.25, -0.2) is 9.78 Å². The third kappa shape index (κ3) is 4.15. The lowest BCUT2D eigenvalue weighted by molar-refractivity contribution is 0.0225. The monoisotopic (exact) mass is 447 g/mol. The number of ether oxygens (including phenoxy) is 1. The van der Waals surface area contributed by atoms with Gasteiger partial charge in [0, 0.05) is 33.8 Å². The van der Waals surface area contributed by atoms with Gasteiger partial charge >= 0.3 is 6.09 Å². The van der Waals surface area contributed by atoms with E-state index in [2.05, 4.69) is 10.3 Å². The number of carbonyl (C=O) groups excluding carboxylic acids is 2. The van der Waals surface area contributed by atoms with Gasteiger partial charge in [0.25, 0.3) is 5.91 Å². The Morgan fingerprint density at radius 2 is 2.10 bits per heavy atom. The average Bonchev–Trinajstić information content (AvgIpc) is 3.20. The van der Waals surface area contributed by atoms with E-state index in [1.54, 1.807) is 23.1 Å². The molecule has 2 aromatic heterocycles. The van der Waals surface area contributed by atoms with Gasteiger partial charge in [0.2, 0.25) is 0 Å². The van der Waals surface area contributed by atoms with Crippen LogP contribution in [0.15, 0.2) is 22.6 Å². The Bertz CT molecular complexity index is 1150. The molecule has 158 valence electrons. The number of nitrogens with one attached hydrogen (secondary N) is 1. The number of fused-ring (bicyclic) bond motifs is 2. The summed E-state index contributed by atoms with van der Waals surface area (Å²) < 4.78 is 11.2. The number of aryl methyl sites for hydroxylation is 1. The van der Waals surface area contributed by atoms with Crippen molar-refractivity contribution in [3.05, 3.63) is 45.1 Å². The van der Waals surface area contributed by atoms with Gasteiger partial charge in [-0.15, -0.1) is 0 Å². The number of aromatic nitrogens is 1. The van der Waals surface area contributed by atoms with E-state index in [4.69, 9.17) is 20.8 Å². The normalized spacial score (nSPS) is 14.0. The van der Waals surface area contributed by atoms with E-state index in [1.165, 1.54) is 11.3 Å². The molecule has 30 heavy (non-hydrogen) atoms. The summed E-state index contributed by atoms with van der Waals surface area (Å²) in [6.45, 7) is 8.29. The van der Waals surface area contributed by atoms with Crippen LogP contribution >= 0.6 is 22.9 Å². The minimum atomic E-state index is -0.543. The Hall–Kier alpha value is -2.58. The molecule has 0 atom stereocenters. The van der Waals surface area contributed by atoms with Crippen LogP contribution in [-0.4, -0.2) is 34.0 Å². The summed E-state index contributed by atoms with van der Waals surface area (Å²) in [5.74, 6) is -0.134. The molecule has 0 aliphatic carbocycles. The number of hydrogen-bond donors (Lipinski definition) is 1. The fourth-order valence-electron chi connectivity index (χ4n) is 3.29. The maximum Gasteiger partial charge on any atom is 0.410 e. The number of rotatable bonds is 2. The van der Waals surface area contributed by atoms with Crippen LogP contribution < -0.4 is 5.32 Å². The molecule has 2 amide bonds. The minimum Gasteiger partial charge on any atom is -0.451 e. The fourth-order valence-corrected chi connectivity index (χ4v) is 4.49. The van der Waals surface area contributed by atoms with Crippen LogP contribution in [0.25, 0.3) is 11.0 Å². The van der Waals surface area contributed by atoms with Gasteiger partial charge in [-0.1, -0.05) is 22.9 Å². The Labute approximate surface area is 183 Å². The molecule has 3 heterocycles. The van der Waals surface area contributed by atoms with Gasteiger partial charge in [0.1, 0.15) is 11.2 Å². The molecule has 0 spiro atoms. The number of nitrogens with zero attached hydrogens (tertiary/aromatic N) is 2. The lowest BCUT2D eigenvalue weighted by Gasteiger charge is -2.29. The molecule has 0 saturated carbocycles. The lowest BCUT2D eigenvalue weighted by atomic mass is 10.1. The number of benzene rings is 1. The summed E-state index contributed by atoms with van der Waals surface area (Å²) in [6.07, 6.45) is 0.270. The summed E-state index contributed by atoms with van der Waals surface area (Å²) >= 11 is 7.41. The molecule has 3 aromatic rings. The number of anilines is 1. The summed E-state index contributed by atoms with van der Waals surface area (Å²) in [5.41, 5.74) is 1.68. The first-order valence-electron chi connectivity index (χ1n) is 9.57. The van der Waals surface area contributed by atoms with Crippen LogP contribution in [0.2, 0.25) is 5.02 Å². The topological polar surface area (TPSA) is 84.7 Å². The van der Waals surface area contributed by atoms with Crippen molar-refractivity contribution in [2.45, 2.75) is 46.3 Å². The van der Waals surface area contributed by atoms with Gasteiger partial charge in [0.05, 0.1) is 12.2 Å². The van der Waals surface area contributed by atoms with Crippen LogP contribution in [-0.2, 0) is 17.7 Å². The third-order valence-corrected chi connectivity index (χ3v) is 5.94. The molecule has 1 aliphatic heterocycles. The average molecular weight is 448 g/mol. The largest absolute Gasteiger partial charge is 0.451 e. The first-order valence-corrected chi connectivity index (χ1v) is 10.8. The maximum atomic E-state index is 12.8. The molecule has 9 heteroatoms. The molecule has 4 rings (SSSR count). The highest BCUT2D eigenvalue weighted by molar-refractivity contribution is 7.15. The van der Waals surface area contributed by atoms with E-state index in [-0.39, 0.29) is 17.8 Å². The highest BCUT2D eigenvalue weighted by Crippen LogP contribution is 2.31. The van der Waals surface area contributed by atoms with Crippen LogP contribution in [0.1, 0.15) is 47.5 Å². The second-order valence-corrected chi connectivity index (χ2v) is 9.71. The van der Waals surface area contributed by atoms with Crippen LogP contribution in [0.5, 0.6) is 0 Å². The summed E-state index contributed by atoms with van der Waals surface area (Å²) in [7, 11) is 0. The second kappa shape index (κ2) is 7.59. The number of carbonyl (C=O) groups is 2. The molecule has 0 radical (unpaired) electrons. The van der Waals surface area contributed by atoms with Crippen LogP contribution in [0.3, 0.4) is 0 Å². The van der Waals surface area contributed by atoms with E-state index < -0.39 is 5.60 Å². The predicted octanol–water partition coefficient (Wildman–Crippen LogP) is 5.40. The molecule has 0 fully saturated rings. The van der Waals surface area contributed by atoms with Crippen molar-refractivity contribution >= 4 is 51.0 Å². The van der Waals surface area contributed by atoms with Crippen LogP contribution in [0, 0.1) is 6.92 Å². The molecule has 1 aromatic carbocycles. The summed E-state index contributed by atoms with van der Waals surface area (Å²) in [4.78, 5) is 32.2. The van der Waals surface area contributed by atoms with Gasteiger partial charge in [-0.05, 0) is 45.9 Å². The Morgan fingerprint density at radius 1 is 1.33 bits per heavy atom. The van der Waals surface area contributed by atoms with Crippen molar-refractivity contribution in [3.8, 4) is 0 Å². The molecule has 7 nitrogen and oxygen atoms in total. The van der Waals surface area contributed by atoms with Gasteiger partial charge in [-0.2, -0.15) is 0 Å². The van der Waals surface area contributed by atoms with Crippen molar-refractivity contribution in [1.29, 1.82) is 0 Å². The smallest absolute Gasteiger partial charge is 0.410 e. The standard InChI is InChI=1S/C21H22ClN3O4S/c1-11-13-9-12(22)5-6-15(13)28-17(11)18(26)24-19-23-14-7-8-25(10-16(14)30-19)20(27)29-21(2,3)4/h5-6,9H,7-8,10H2,1-4H3,(H,23,24,26). The number of thiazole rings is 1. The summed E-state index contributed by atoms with van der Waals surface area (Å²) in [6, 6.07) is 5.24. The van der Waals surface area contributed by atoms with Gasteiger partial charge < -0.3 is 14.1 Å². The quantitative estimate of drug-likeness (QED) is 0.568. The molecule has 1 N–H and O–H groups in total. The van der Waals surface area contributed by atoms with Crippen molar-refractivity contribution in [2.24, 2.45) is 0 Å². The van der Waals surface area contributed by atoms with E-state index >= 15 is 0 Å². The zero-order valence-electron chi connectivity index (χ0n) is 17.2. The Morgan fingerprint density at radius 3 is 2.83 bits per heavy atom. The number of hydrogen-bond acceptors (Lipinski definition) is 6. The van der Waals surface area contributed by atoms with Crippen LogP contribution in [0.4, 0.5) is 9.93 Å². The molecule has 0 saturated heterocycles. The van der Waals surface area contributed by atoms with Gasteiger partial charge in [0.15, 0.2) is 10.9 Å².